The fourth-order valence-corrected chi connectivity index (χ4v) is 5.46. The van der Waals surface area contributed by atoms with E-state index >= 15 is 0 Å². The first-order valence-corrected chi connectivity index (χ1v) is 12.6. The molecule has 4 aromatic rings. The molecule has 1 aliphatic carbocycles. The van der Waals surface area contributed by atoms with Gasteiger partial charge in [0.2, 0.25) is 0 Å². The molecular weight excluding hydrogens is 469 g/mol. The lowest BCUT2D eigenvalue weighted by Crippen LogP contribution is -2.53. The average molecular weight is 498 g/mol. The molecule has 9 heteroatoms. The van der Waals surface area contributed by atoms with E-state index in [1.54, 1.807) is 29.8 Å². The summed E-state index contributed by atoms with van der Waals surface area (Å²) in [5, 5.41) is 14.0. The van der Waals surface area contributed by atoms with E-state index in [2.05, 4.69) is 43.8 Å². The van der Waals surface area contributed by atoms with Crippen molar-refractivity contribution in [3.05, 3.63) is 87.9 Å². The quantitative estimate of drug-likeness (QED) is 0.417. The van der Waals surface area contributed by atoms with Crippen molar-refractivity contribution in [1.82, 2.24) is 24.2 Å². The van der Waals surface area contributed by atoms with Crippen molar-refractivity contribution in [2.45, 2.75) is 37.9 Å². The molecule has 8 nitrogen and oxygen atoms in total. The summed E-state index contributed by atoms with van der Waals surface area (Å²) in [5.41, 5.74) is 4.44. The number of fused-ring (bicyclic) bond motifs is 1. The number of rotatable bonds is 5. The number of halogens is 1. The highest BCUT2D eigenvalue weighted by atomic mass is 19.1. The Morgan fingerprint density at radius 1 is 1.11 bits per heavy atom. The lowest BCUT2D eigenvalue weighted by atomic mass is 9.97. The lowest BCUT2D eigenvalue weighted by molar-refractivity contribution is 0.188. The number of nitriles is 1. The third-order valence-corrected chi connectivity index (χ3v) is 7.56. The minimum atomic E-state index is -0.254. The summed E-state index contributed by atoms with van der Waals surface area (Å²) in [6, 6.07) is 14.4. The highest BCUT2D eigenvalue weighted by molar-refractivity contribution is 5.89. The summed E-state index contributed by atoms with van der Waals surface area (Å²) < 4.78 is 17.4. The molecule has 3 aromatic heterocycles. The van der Waals surface area contributed by atoms with Gasteiger partial charge in [-0.25, -0.2) is 9.37 Å². The largest absolute Gasteiger partial charge is 0.364 e. The minimum absolute atomic E-state index is 0.0543. The molecule has 2 aliphatic rings. The number of piperazine rings is 1. The van der Waals surface area contributed by atoms with Gasteiger partial charge >= 0.3 is 0 Å². The SMILES string of the molecule is C[C@H]1CN(C(c2ccc(F)cc2)c2cnn(C3CC3)c2)CCN1c1cc(=O)n(C)c2ccc(C#N)nc12. The molecule has 1 aromatic carbocycles. The van der Waals surface area contributed by atoms with Crippen LogP contribution in [0.25, 0.3) is 11.0 Å². The summed E-state index contributed by atoms with van der Waals surface area (Å²) in [7, 11) is 1.72. The molecule has 37 heavy (non-hydrogen) atoms. The third kappa shape index (κ3) is 4.27. The van der Waals surface area contributed by atoms with Crippen LogP contribution in [0.2, 0.25) is 0 Å². The van der Waals surface area contributed by atoms with Crippen LogP contribution in [0, 0.1) is 17.1 Å². The third-order valence-electron chi connectivity index (χ3n) is 7.56. The van der Waals surface area contributed by atoms with E-state index < -0.39 is 0 Å². The Hall–Kier alpha value is -4.03. The maximum absolute atomic E-state index is 13.8. The van der Waals surface area contributed by atoms with Crippen molar-refractivity contribution in [1.29, 1.82) is 5.26 Å². The van der Waals surface area contributed by atoms with Gasteiger partial charge in [0, 0.05) is 50.6 Å². The van der Waals surface area contributed by atoms with Crippen LogP contribution in [0.3, 0.4) is 0 Å². The second kappa shape index (κ2) is 9.12. The number of hydrogen-bond acceptors (Lipinski definition) is 6. The Balaban J connectivity index is 1.34. The van der Waals surface area contributed by atoms with Crippen LogP contribution in [0.1, 0.15) is 48.7 Å². The standard InChI is InChI=1S/C28H28FN7O/c1-18-16-34(28(19-3-5-21(29)6-4-19)20-15-31-36(17-20)23-8-9-23)11-12-35(18)25-13-26(37)33(2)24-10-7-22(14-30)32-27(24)25/h3-7,10,13,15,17-18,23,28H,8-9,11-12,16H2,1-2H3/t18-,28?/m0/s1. The summed E-state index contributed by atoms with van der Waals surface area (Å²) in [6.07, 6.45) is 6.38. The Labute approximate surface area is 214 Å². The first-order valence-electron chi connectivity index (χ1n) is 12.6. The maximum Gasteiger partial charge on any atom is 0.252 e. The molecule has 1 saturated carbocycles. The molecule has 0 amide bonds. The molecule has 0 N–H and O–H groups in total. The van der Waals surface area contributed by atoms with E-state index in [-0.39, 0.29) is 23.5 Å². The van der Waals surface area contributed by atoms with Crippen LogP contribution < -0.4 is 10.5 Å². The normalized spacial score (nSPS) is 19.2. The van der Waals surface area contributed by atoms with Crippen molar-refractivity contribution in [2.75, 3.05) is 24.5 Å². The molecule has 1 saturated heterocycles. The van der Waals surface area contributed by atoms with Crippen LogP contribution in [-0.2, 0) is 7.05 Å². The summed E-state index contributed by atoms with van der Waals surface area (Å²) in [5.74, 6) is -0.254. The first-order chi connectivity index (χ1) is 17.9. The average Bonchev–Trinajstić information content (AvgIpc) is 3.65. The van der Waals surface area contributed by atoms with Gasteiger partial charge in [0.15, 0.2) is 0 Å². The summed E-state index contributed by atoms with van der Waals surface area (Å²) >= 11 is 0. The molecule has 2 fully saturated rings. The zero-order valence-electron chi connectivity index (χ0n) is 20.9. The van der Waals surface area contributed by atoms with Gasteiger partial charge in [-0.3, -0.25) is 14.4 Å². The molecule has 4 heterocycles. The van der Waals surface area contributed by atoms with Crippen molar-refractivity contribution in [3.63, 3.8) is 0 Å². The predicted octanol–water partition coefficient (Wildman–Crippen LogP) is 3.78. The van der Waals surface area contributed by atoms with E-state index in [4.69, 9.17) is 0 Å². The van der Waals surface area contributed by atoms with Gasteiger partial charge in [-0.05, 0) is 49.6 Å². The minimum Gasteiger partial charge on any atom is -0.364 e. The van der Waals surface area contributed by atoms with Gasteiger partial charge in [0.25, 0.3) is 5.56 Å². The Morgan fingerprint density at radius 3 is 2.59 bits per heavy atom. The Bertz CT molecular complexity index is 1560. The van der Waals surface area contributed by atoms with Gasteiger partial charge < -0.3 is 9.47 Å². The first kappa shape index (κ1) is 23.4. The molecule has 6 rings (SSSR count). The van der Waals surface area contributed by atoms with E-state index in [1.807, 2.05) is 18.3 Å². The fraction of sp³-hybridized carbons (Fsp3) is 0.357. The molecule has 0 spiro atoms. The number of pyridine rings is 2. The molecular formula is C28H28FN7O. The van der Waals surface area contributed by atoms with E-state index in [9.17, 15) is 14.4 Å². The number of anilines is 1. The number of hydrogen-bond donors (Lipinski definition) is 0. The molecule has 1 unspecified atom stereocenters. The molecule has 0 radical (unpaired) electrons. The lowest BCUT2D eigenvalue weighted by Gasteiger charge is -2.44. The van der Waals surface area contributed by atoms with Crippen LogP contribution in [0.5, 0.6) is 0 Å². The fourth-order valence-electron chi connectivity index (χ4n) is 5.46. The van der Waals surface area contributed by atoms with Crippen LogP contribution in [0.15, 0.2) is 59.7 Å². The zero-order valence-corrected chi connectivity index (χ0v) is 20.9. The highest BCUT2D eigenvalue weighted by Crippen LogP contribution is 2.37. The summed E-state index contributed by atoms with van der Waals surface area (Å²) in [6.45, 7) is 4.27. The van der Waals surface area contributed by atoms with Crippen molar-refractivity contribution in [3.8, 4) is 6.07 Å². The zero-order chi connectivity index (χ0) is 25.7. The molecule has 0 bridgehead atoms. The van der Waals surface area contributed by atoms with E-state index in [0.29, 0.717) is 29.3 Å². The van der Waals surface area contributed by atoms with Gasteiger partial charge in [-0.2, -0.15) is 10.4 Å². The van der Waals surface area contributed by atoms with Crippen LogP contribution in [0.4, 0.5) is 10.1 Å². The maximum atomic E-state index is 13.8. The number of nitrogens with zero attached hydrogens (tertiary/aromatic N) is 7. The van der Waals surface area contributed by atoms with Gasteiger partial charge in [0.05, 0.1) is 29.5 Å². The van der Waals surface area contributed by atoms with Gasteiger partial charge in [-0.1, -0.05) is 12.1 Å². The summed E-state index contributed by atoms with van der Waals surface area (Å²) in [4.78, 5) is 22.0. The second-order valence-electron chi connectivity index (χ2n) is 10.1. The van der Waals surface area contributed by atoms with Crippen molar-refractivity contribution in [2.24, 2.45) is 7.05 Å². The molecule has 2 atom stereocenters. The highest BCUT2D eigenvalue weighted by Gasteiger charge is 2.33. The number of aryl methyl sites for hydroxylation is 1. The number of aromatic nitrogens is 4. The van der Waals surface area contributed by atoms with Gasteiger partial charge in [-0.15, -0.1) is 0 Å². The smallest absolute Gasteiger partial charge is 0.252 e. The predicted molar refractivity (Wildman–Crippen MR) is 139 cm³/mol. The van der Waals surface area contributed by atoms with Crippen molar-refractivity contribution >= 4 is 16.7 Å². The molecule has 188 valence electrons. The van der Waals surface area contributed by atoms with Crippen LogP contribution in [-0.4, -0.2) is 49.9 Å². The monoisotopic (exact) mass is 497 g/mol. The van der Waals surface area contributed by atoms with E-state index in [0.717, 1.165) is 42.7 Å². The second-order valence-corrected chi connectivity index (χ2v) is 10.1. The molecule has 1 aliphatic heterocycles. The van der Waals surface area contributed by atoms with Crippen LogP contribution >= 0.6 is 0 Å². The Kier molecular flexibility index (Phi) is 5.76. The number of benzene rings is 1. The van der Waals surface area contributed by atoms with Crippen molar-refractivity contribution < 1.29 is 4.39 Å². The topological polar surface area (TPSA) is 83.0 Å². The van der Waals surface area contributed by atoms with E-state index in [1.165, 1.54) is 12.1 Å². The van der Waals surface area contributed by atoms with Gasteiger partial charge in [0.1, 0.15) is 23.1 Å². The Morgan fingerprint density at radius 2 is 1.89 bits per heavy atom.